The molecule has 22 heavy (non-hydrogen) atoms. The summed E-state index contributed by atoms with van der Waals surface area (Å²) in [7, 11) is 0. The average Bonchev–Trinajstić information content (AvgIpc) is 2.38. The minimum Gasteiger partial charge on any atom is -0.419 e. The molecule has 9 heteroatoms. The van der Waals surface area contributed by atoms with Crippen LogP contribution in [0.2, 0.25) is 0 Å². The van der Waals surface area contributed by atoms with Gasteiger partial charge in [-0.05, 0) is 22.0 Å². The van der Waals surface area contributed by atoms with Crippen LogP contribution in [0.15, 0.2) is 34.4 Å². The lowest BCUT2D eigenvalue weighted by atomic mass is 10.2. The van der Waals surface area contributed by atoms with Crippen LogP contribution in [-0.2, 0) is 19.1 Å². The predicted molar refractivity (Wildman–Crippen MR) is 78.8 cm³/mol. The first-order chi connectivity index (χ1) is 10.2. The van der Waals surface area contributed by atoms with E-state index in [0.717, 1.165) is 6.20 Å². The molecule has 0 aliphatic carbocycles. The van der Waals surface area contributed by atoms with Crippen LogP contribution in [0.25, 0.3) is 0 Å². The number of esters is 2. The summed E-state index contributed by atoms with van der Waals surface area (Å²) in [5.41, 5.74) is -0.163. The molecule has 116 valence electrons. The SMILES string of the molecule is CC1(C)OC(=O)C(=CNc2cc([N+](=O)[O-])ccc2Br)C(=O)O1. The minimum atomic E-state index is -1.32. The number of nitrogens with one attached hydrogen (secondary N) is 1. The van der Waals surface area contributed by atoms with E-state index < -0.39 is 22.6 Å². The number of nitro groups is 1. The third-order valence-electron chi connectivity index (χ3n) is 2.65. The molecule has 0 unspecified atom stereocenters. The van der Waals surface area contributed by atoms with Gasteiger partial charge in [-0.25, -0.2) is 9.59 Å². The van der Waals surface area contributed by atoms with Crippen molar-refractivity contribution in [1.82, 2.24) is 0 Å². The number of carbonyl (C=O) groups is 2. The van der Waals surface area contributed by atoms with E-state index in [1.165, 1.54) is 32.0 Å². The number of non-ortho nitro benzene ring substituents is 1. The fourth-order valence-electron chi connectivity index (χ4n) is 1.67. The number of anilines is 1. The van der Waals surface area contributed by atoms with Crippen LogP contribution >= 0.6 is 15.9 Å². The number of halogens is 1. The normalized spacial score (nSPS) is 16.6. The smallest absolute Gasteiger partial charge is 0.350 e. The van der Waals surface area contributed by atoms with Crippen LogP contribution in [0, 0.1) is 10.1 Å². The Morgan fingerprint density at radius 1 is 1.27 bits per heavy atom. The zero-order valence-electron chi connectivity index (χ0n) is 11.6. The number of cyclic esters (lactones) is 2. The largest absolute Gasteiger partial charge is 0.419 e. The Kier molecular flexibility index (Phi) is 4.18. The lowest BCUT2D eigenvalue weighted by Crippen LogP contribution is -2.42. The van der Waals surface area contributed by atoms with Crippen molar-refractivity contribution in [1.29, 1.82) is 0 Å². The first-order valence-electron chi connectivity index (χ1n) is 6.07. The van der Waals surface area contributed by atoms with Crippen LogP contribution in [0.4, 0.5) is 11.4 Å². The summed E-state index contributed by atoms with van der Waals surface area (Å²) < 4.78 is 10.4. The fraction of sp³-hybridized carbons (Fsp3) is 0.231. The number of nitro benzene ring substituents is 1. The second-order valence-electron chi connectivity index (χ2n) is 4.80. The molecule has 0 bridgehead atoms. The lowest BCUT2D eigenvalue weighted by molar-refractivity contribution is -0.384. The highest BCUT2D eigenvalue weighted by atomic mass is 79.9. The van der Waals surface area contributed by atoms with Gasteiger partial charge in [0.05, 0.1) is 10.6 Å². The highest BCUT2D eigenvalue weighted by Gasteiger charge is 2.38. The summed E-state index contributed by atoms with van der Waals surface area (Å²) in [5.74, 6) is -3.00. The number of rotatable bonds is 3. The minimum absolute atomic E-state index is 0.140. The molecule has 1 aliphatic heterocycles. The molecule has 0 atom stereocenters. The van der Waals surface area contributed by atoms with Crippen molar-refractivity contribution in [2.24, 2.45) is 0 Å². The molecule has 0 aromatic heterocycles. The van der Waals surface area contributed by atoms with Gasteiger partial charge >= 0.3 is 11.9 Å². The molecule has 0 saturated carbocycles. The van der Waals surface area contributed by atoms with Gasteiger partial charge in [-0.3, -0.25) is 10.1 Å². The number of hydrogen-bond donors (Lipinski definition) is 1. The molecule has 0 amide bonds. The summed E-state index contributed by atoms with van der Waals surface area (Å²) in [6.45, 7) is 2.87. The van der Waals surface area contributed by atoms with E-state index in [4.69, 9.17) is 9.47 Å². The molecule has 0 spiro atoms. The Morgan fingerprint density at radius 2 is 1.86 bits per heavy atom. The molecule has 1 aromatic carbocycles. The van der Waals surface area contributed by atoms with Crippen molar-refractivity contribution in [3.8, 4) is 0 Å². The zero-order valence-corrected chi connectivity index (χ0v) is 13.2. The van der Waals surface area contributed by atoms with Gasteiger partial charge in [-0.2, -0.15) is 0 Å². The summed E-state index contributed by atoms with van der Waals surface area (Å²) in [6, 6.07) is 4.04. The second kappa shape index (κ2) is 5.76. The van der Waals surface area contributed by atoms with Crippen LogP contribution in [0.5, 0.6) is 0 Å². The lowest BCUT2D eigenvalue weighted by Gasteiger charge is -2.29. The third-order valence-corrected chi connectivity index (χ3v) is 3.34. The van der Waals surface area contributed by atoms with Crippen molar-refractivity contribution >= 4 is 39.2 Å². The average molecular weight is 371 g/mol. The monoisotopic (exact) mass is 370 g/mol. The number of benzene rings is 1. The van der Waals surface area contributed by atoms with Gasteiger partial charge in [0, 0.05) is 36.7 Å². The van der Waals surface area contributed by atoms with Gasteiger partial charge in [0.2, 0.25) is 0 Å². The standard InChI is InChI=1S/C13H11BrN2O6/c1-13(2)21-11(17)8(12(18)22-13)6-15-10-5-7(16(19)20)3-4-9(10)14/h3-6,15H,1-2H3. The van der Waals surface area contributed by atoms with Crippen molar-refractivity contribution < 1.29 is 24.0 Å². The fourth-order valence-corrected chi connectivity index (χ4v) is 2.03. The van der Waals surface area contributed by atoms with Gasteiger partial charge < -0.3 is 14.8 Å². The topological polar surface area (TPSA) is 108 Å². The van der Waals surface area contributed by atoms with Gasteiger partial charge in [0.25, 0.3) is 11.5 Å². The first-order valence-corrected chi connectivity index (χ1v) is 6.86. The maximum Gasteiger partial charge on any atom is 0.350 e. The molecule has 1 N–H and O–H groups in total. The van der Waals surface area contributed by atoms with Crippen LogP contribution in [-0.4, -0.2) is 22.6 Å². The van der Waals surface area contributed by atoms with E-state index >= 15 is 0 Å². The van der Waals surface area contributed by atoms with E-state index in [0.29, 0.717) is 10.2 Å². The summed E-state index contributed by atoms with van der Waals surface area (Å²) in [5, 5.41) is 13.4. The van der Waals surface area contributed by atoms with Gasteiger partial charge in [-0.1, -0.05) is 0 Å². The summed E-state index contributed by atoms with van der Waals surface area (Å²) in [6.07, 6.45) is 1.09. The summed E-state index contributed by atoms with van der Waals surface area (Å²) in [4.78, 5) is 33.7. The Morgan fingerprint density at radius 3 is 2.41 bits per heavy atom. The molecule has 1 heterocycles. The molecule has 1 aromatic rings. The number of ether oxygens (including phenoxy) is 2. The second-order valence-corrected chi connectivity index (χ2v) is 5.66. The number of hydrogen-bond acceptors (Lipinski definition) is 7. The van der Waals surface area contributed by atoms with Crippen molar-refractivity contribution in [2.75, 3.05) is 5.32 Å². The highest BCUT2D eigenvalue weighted by Crippen LogP contribution is 2.28. The van der Waals surface area contributed by atoms with Crippen LogP contribution < -0.4 is 5.32 Å². The molecule has 2 rings (SSSR count). The Labute approximate surface area is 133 Å². The molecule has 8 nitrogen and oxygen atoms in total. The van der Waals surface area contributed by atoms with Gasteiger partial charge in [-0.15, -0.1) is 0 Å². The molecule has 0 radical (unpaired) electrons. The molecular weight excluding hydrogens is 360 g/mol. The molecule has 1 saturated heterocycles. The van der Waals surface area contributed by atoms with Crippen molar-refractivity contribution in [3.63, 3.8) is 0 Å². The van der Waals surface area contributed by atoms with E-state index in [-0.39, 0.29) is 11.3 Å². The Bertz CT molecular complexity index is 676. The number of nitrogens with zero attached hydrogens (tertiary/aromatic N) is 1. The van der Waals surface area contributed by atoms with Crippen molar-refractivity contribution in [3.05, 3.63) is 44.6 Å². The maximum absolute atomic E-state index is 11.8. The highest BCUT2D eigenvalue weighted by molar-refractivity contribution is 9.10. The van der Waals surface area contributed by atoms with E-state index in [9.17, 15) is 19.7 Å². The first kappa shape index (κ1) is 16.0. The van der Waals surface area contributed by atoms with Gasteiger partial charge in [0.15, 0.2) is 5.57 Å². The quantitative estimate of drug-likeness (QED) is 0.286. The van der Waals surface area contributed by atoms with E-state index in [1.807, 2.05) is 0 Å². The Balaban J connectivity index is 2.25. The third kappa shape index (κ3) is 3.42. The summed E-state index contributed by atoms with van der Waals surface area (Å²) >= 11 is 3.21. The zero-order chi connectivity index (χ0) is 16.5. The molecule has 1 fully saturated rings. The van der Waals surface area contributed by atoms with E-state index in [2.05, 4.69) is 21.2 Å². The van der Waals surface area contributed by atoms with Gasteiger partial charge in [0.1, 0.15) is 0 Å². The van der Waals surface area contributed by atoms with E-state index in [1.54, 1.807) is 0 Å². The molecule has 1 aliphatic rings. The predicted octanol–water partition coefficient (Wildman–Crippen LogP) is 2.49. The van der Waals surface area contributed by atoms with Crippen molar-refractivity contribution in [2.45, 2.75) is 19.6 Å². The molecular formula is C13H11BrN2O6. The van der Waals surface area contributed by atoms with Crippen LogP contribution in [0.1, 0.15) is 13.8 Å². The maximum atomic E-state index is 11.8. The van der Waals surface area contributed by atoms with Crippen LogP contribution in [0.3, 0.4) is 0 Å². The Hall–Kier alpha value is -2.42. The number of carbonyl (C=O) groups excluding carboxylic acids is 2.